The predicted octanol–water partition coefficient (Wildman–Crippen LogP) is 1.96. The van der Waals surface area contributed by atoms with Crippen molar-refractivity contribution >= 4 is 17.4 Å². The number of rotatable bonds is 3. The Kier molecular flexibility index (Phi) is 3.74. The first kappa shape index (κ1) is 15.0. The molecule has 1 aromatic carbocycles. The van der Waals surface area contributed by atoms with Gasteiger partial charge in [-0.1, -0.05) is 0 Å². The molecule has 7 heteroatoms. The summed E-state index contributed by atoms with van der Waals surface area (Å²) in [6, 6.07) is 7.40. The van der Waals surface area contributed by atoms with Crippen molar-refractivity contribution in [1.82, 2.24) is 9.78 Å². The molecule has 0 radical (unpaired) electrons. The number of hydrogen-bond acceptors (Lipinski definition) is 4. The first-order valence-electron chi connectivity index (χ1n) is 7.28. The van der Waals surface area contributed by atoms with Gasteiger partial charge in [0.2, 0.25) is 0 Å². The highest BCUT2D eigenvalue weighted by molar-refractivity contribution is 6.00. The molecule has 1 aliphatic rings. The number of aryl methyl sites for hydroxylation is 2. The molecule has 1 fully saturated rings. The van der Waals surface area contributed by atoms with Crippen molar-refractivity contribution in [2.24, 2.45) is 7.05 Å². The molecule has 23 heavy (non-hydrogen) atoms. The largest absolute Gasteiger partial charge is 0.371 e. The van der Waals surface area contributed by atoms with E-state index in [0.717, 1.165) is 17.6 Å². The van der Waals surface area contributed by atoms with E-state index in [4.69, 9.17) is 5.26 Å². The third kappa shape index (κ3) is 2.75. The van der Waals surface area contributed by atoms with E-state index in [9.17, 15) is 9.18 Å². The van der Waals surface area contributed by atoms with Crippen molar-refractivity contribution in [1.29, 1.82) is 5.26 Å². The van der Waals surface area contributed by atoms with Crippen molar-refractivity contribution in [2.45, 2.75) is 19.4 Å². The average Bonchev–Trinajstić information content (AvgIpc) is 3.03. The zero-order valence-electron chi connectivity index (χ0n) is 12.9. The minimum Gasteiger partial charge on any atom is -0.371 e. The summed E-state index contributed by atoms with van der Waals surface area (Å²) in [6.45, 7) is 2.42. The summed E-state index contributed by atoms with van der Waals surface area (Å²) in [5.41, 5.74) is 1.31. The zero-order chi connectivity index (χ0) is 16.6. The number of halogens is 1. The molecule has 2 aromatic rings. The number of carbonyl (C=O) groups is 1. The summed E-state index contributed by atoms with van der Waals surface area (Å²) >= 11 is 0. The van der Waals surface area contributed by atoms with E-state index in [0.29, 0.717) is 13.0 Å². The van der Waals surface area contributed by atoms with E-state index in [1.807, 2.05) is 19.1 Å². The van der Waals surface area contributed by atoms with Gasteiger partial charge < -0.3 is 5.32 Å². The molecule has 0 spiro atoms. The van der Waals surface area contributed by atoms with E-state index in [-0.39, 0.29) is 17.2 Å². The number of aromatic nitrogens is 2. The molecule has 6 nitrogen and oxygen atoms in total. The Morgan fingerprint density at radius 3 is 2.83 bits per heavy atom. The lowest BCUT2D eigenvalue weighted by molar-refractivity contribution is -0.117. The minimum absolute atomic E-state index is 0.114. The predicted molar refractivity (Wildman–Crippen MR) is 83.4 cm³/mol. The minimum atomic E-state index is -0.535. The number of nitrogens with one attached hydrogen (secondary N) is 1. The third-order valence-electron chi connectivity index (χ3n) is 3.89. The van der Waals surface area contributed by atoms with Crippen molar-refractivity contribution in [3.05, 3.63) is 41.3 Å². The van der Waals surface area contributed by atoms with Gasteiger partial charge in [0.1, 0.15) is 17.7 Å². The molecule has 1 aliphatic heterocycles. The van der Waals surface area contributed by atoms with Gasteiger partial charge in [-0.3, -0.25) is 14.4 Å². The number of anilines is 2. The molecule has 1 amide bonds. The summed E-state index contributed by atoms with van der Waals surface area (Å²) in [7, 11) is 1.79. The highest BCUT2D eigenvalue weighted by Crippen LogP contribution is 2.25. The van der Waals surface area contributed by atoms with Crippen molar-refractivity contribution < 1.29 is 9.18 Å². The molecule has 0 aliphatic carbocycles. The third-order valence-corrected chi connectivity index (χ3v) is 3.89. The first-order chi connectivity index (χ1) is 11.0. The smallest absolute Gasteiger partial charge is 0.250 e. The summed E-state index contributed by atoms with van der Waals surface area (Å²) in [4.78, 5) is 14.2. The monoisotopic (exact) mass is 313 g/mol. The van der Waals surface area contributed by atoms with E-state index in [2.05, 4.69) is 10.4 Å². The maximum Gasteiger partial charge on any atom is 0.250 e. The first-order valence-corrected chi connectivity index (χ1v) is 7.28. The van der Waals surface area contributed by atoms with E-state index >= 15 is 0 Å². The molecule has 1 N–H and O–H groups in total. The fourth-order valence-corrected chi connectivity index (χ4v) is 2.78. The molecule has 118 valence electrons. The standard InChI is InChI=1S/C16H16FN5O/c1-10-7-15(21(2)20-10)22-6-5-14(16(22)23)19-13-4-3-11(9-18)8-12(13)17/h3-4,7-8,14,19H,5-6H2,1-2H3. The summed E-state index contributed by atoms with van der Waals surface area (Å²) < 4.78 is 15.6. The summed E-state index contributed by atoms with van der Waals surface area (Å²) in [5.74, 6) is 0.0838. The van der Waals surface area contributed by atoms with Crippen molar-refractivity contribution in [3.63, 3.8) is 0 Å². The molecule has 1 saturated heterocycles. The van der Waals surface area contributed by atoms with Gasteiger partial charge in [-0.2, -0.15) is 10.4 Å². The number of benzene rings is 1. The van der Waals surface area contributed by atoms with Crippen LogP contribution in [0.4, 0.5) is 15.9 Å². The van der Waals surface area contributed by atoms with Crippen LogP contribution in [0.2, 0.25) is 0 Å². The van der Waals surface area contributed by atoms with Crippen LogP contribution in [0.25, 0.3) is 0 Å². The fourth-order valence-electron chi connectivity index (χ4n) is 2.78. The Morgan fingerprint density at radius 1 is 1.43 bits per heavy atom. The van der Waals surface area contributed by atoms with Crippen LogP contribution in [0.3, 0.4) is 0 Å². The quantitative estimate of drug-likeness (QED) is 0.940. The lowest BCUT2D eigenvalue weighted by atomic mass is 10.2. The summed E-state index contributed by atoms with van der Waals surface area (Å²) in [5, 5.41) is 15.9. The number of carbonyl (C=O) groups excluding carboxylic acids is 1. The van der Waals surface area contributed by atoms with E-state index < -0.39 is 11.9 Å². The van der Waals surface area contributed by atoms with Crippen LogP contribution in [0.15, 0.2) is 24.3 Å². The van der Waals surface area contributed by atoms with Crippen molar-refractivity contribution in [3.8, 4) is 6.07 Å². The van der Waals surface area contributed by atoms with Gasteiger partial charge in [0, 0.05) is 19.7 Å². The molecule has 2 heterocycles. The fraction of sp³-hybridized carbons (Fsp3) is 0.312. The van der Waals surface area contributed by atoms with Crippen LogP contribution < -0.4 is 10.2 Å². The maximum atomic E-state index is 14.0. The molecular formula is C16H16FN5O. The number of amides is 1. The van der Waals surface area contributed by atoms with Crippen molar-refractivity contribution in [2.75, 3.05) is 16.8 Å². The van der Waals surface area contributed by atoms with E-state index in [1.54, 1.807) is 16.6 Å². The highest BCUT2D eigenvalue weighted by atomic mass is 19.1. The van der Waals surface area contributed by atoms with Crippen LogP contribution in [0.5, 0.6) is 0 Å². The second kappa shape index (κ2) is 5.72. The second-order valence-electron chi connectivity index (χ2n) is 5.55. The topological polar surface area (TPSA) is 74.0 Å². The Hall–Kier alpha value is -2.88. The van der Waals surface area contributed by atoms with Gasteiger partial charge >= 0.3 is 0 Å². The van der Waals surface area contributed by atoms with Gasteiger partial charge in [-0.15, -0.1) is 0 Å². The Labute approximate surface area is 133 Å². The maximum absolute atomic E-state index is 14.0. The number of nitrogens with zero attached hydrogens (tertiary/aromatic N) is 4. The Balaban J connectivity index is 1.77. The number of nitriles is 1. The molecule has 0 saturated carbocycles. The molecule has 1 unspecified atom stereocenters. The molecule has 1 aromatic heterocycles. The molecular weight excluding hydrogens is 297 g/mol. The summed E-state index contributed by atoms with van der Waals surface area (Å²) in [6.07, 6.45) is 0.572. The average molecular weight is 313 g/mol. The molecule has 1 atom stereocenters. The van der Waals surface area contributed by atoms with Gasteiger partial charge in [0.25, 0.3) is 5.91 Å². The van der Waals surface area contributed by atoms with Gasteiger partial charge in [0.15, 0.2) is 0 Å². The number of hydrogen-bond donors (Lipinski definition) is 1. The van der Waals surface area contributed by atoms with Crippen LogP contribution in [0.1, 0.15) is 17.7 Å². The van der Waals surface area contributed by atoms with Crippen LogP contribution in [-0.2, 0) is 11.8 Å². The SMILES string of the molecule is Cc1cc(N2CCC(Nc3ccc(C#N)cc3F)C2=O)n(C)n1. The van der Waals surface area contributed by atoms with Gasteiger partial charge in [-0.25, -0.2) is 4.39 Å². The van der Waals surface area contributed by atoms with Crippen LogP contribution in [-0.4, -0.2) is 28.3 Å². The van der Waals surface area contributed by atoms with Gasteiger partial charge in [0.05, 0.1) is 23.0 Å². The Morgan fingerprint density at radius 2 is 2.22 bits per heavy atom. The highest BCUT2D eigenvalue weighted by Gasteiger charge is 2.34. The second-order valence-corrected chi connectivity index (χ2v) is 5.55. The normalized spacial score (nSPS) is 17.4. The zero-order valence-corrected chi connectivity index (χ0v) is 12.9. The lowest BCUT2D eigenvalue weighted by Crippen LogP contribution is -2.34. The van der Waals surface area contributed by atoms with Crippen LogP contribution in [0, 0.1) is 24.1 Å². The molecule has 3 rings (SSSR count). The van der Waals surface area contributed by atoms with Gasteiger partial charge in [-0.05, 0) is 31.5 Å². The molecule has 0 bridgehead atoms. The lowest BCUT2D eigenvalue weighted by Gasteiger charge is -2.17. The van der Waals surface area contributed by atoms with E-state index in [1.165, 1.54) is 12.1 Å². The van der Waals surface area contributed by atoms with Crippen LogP contribution >= 0.6 is 0 Å². The Bertz CT molecular complexity index is 807.